The molecule has 0 aromatic carbocycles. The molecule has 0 radical (unpaired) electrons. The van der Waals surface area contributed by atoms with Crippen LogP contribution >= 0.6 is 7.82 Å². The van der Waals surface area contributed by atoms with E-state index in [2.05, 4.69) is 43.5 Å². The number of allylic oxidation sites excluding steroid dienone is 4. The normalized spacial score (nSPS) is 14.0. The van der Waals surface area contributed by atoms with Gasteiger partial charge in [-0.3, -0.25) is 13.8 Å². The summed E-state index contributed by atoms with van der Waals surface area (Å²) in [5.74, 6) is -0.154. The van der Waals surface area contributed by atoms with Crippen LogP contribution < -0.4 is 5.32 Å². The highest BCUT2D eigenvalue weighted by Crippen LogP contribution is 2.43. The van der Waals surface area contributed by atoms with Gasteiger partial charge in [-0.2, -0.15) is 0 Å². The van der Waals surface area contributed by atoms with E-state index >= 15 is 0 Å². The van der Waals surface area contributed by atoms with Gasteiger partial charge in [-0.1, -0.05) is 282 Å². The number of hydrogen-bond donors (Lipinski definition) is 3. The monoisotopic (exact) mass is 1010 g/mol. The molecule has 0 aromatic heterocycles. The lowest BCUT2D eigenvalue weighted by molar-refractivity contribution is -0.870. The summed E-state index contributed by atoms with van der Waals surface area (Å²) in [7, 11) is 1.62. The molecule has 416 valence electrons. The molecule has 3 N–H and O–H groups in total. The number of carbonyl (C=O) groups is 1. The zero-order valence-corrected chi connectivity index (χ0v) is 48.4. The minimum absolute atomic E-state index is 0.0729. The highest BCUT2D eigenvalue weighted by atomic mass is 31.2. The Morgan fingerprint density at radius 1 is 0.486 bits per heavy atom. The summed E-state index contributed by atoms with van der Waals surface area (Å²) in [4.78, 5) is 23.3. The van der Waals surface area contributed by atoms with Gasteiger partial charge in [-0.15, -0.1) is 0 Å². The summed E-state index contributed by atoms with van der Waals surface area (Å²) in [6, 6.07) is -0.768. The van der Waals surface area contributed by atoms with Gasteiger partial charge in [-0.05, 0) is 44.9 Å². The molecular formula is C61H122N2O6P+. The third-order valence-corrected chi connectivity index (χ3v) is 15.2. The van der Waals surface area contributed by atoms with Gasteiger partial charge in [0.25, 0.3) is 0 Å². The minimum Gasteiger partial charge on any atom is -0.391 e. The van der Waals surface area contributed by atoms with Crippen LogP contribution in [0.1, 0.15) is 309 Å². The van der Waals surface area contributed by atoms with Gasteiger partial charge in [0.2, 0.25) is 5.91 Å². The van der Waals surface area contributed by atoms with Crippen molar-refractivity contribution in [2.24, 2.45) is 0 Å². The summed E-state index contributed by atoms with van der Waals surface area (Å²) in [5, 5.41) is 14.1. The summed E-state index contributed by atoms with van der Waals surface area (Å²) in [6.07, 6.45) is 66.9. The van der Waals surface area contributed by atoms with Crippen LogP contribution in [-0.2, 0) is 18.4 Å². The van der Waals surface area contributed by atoms with Crippen molar-refractivity contribution >= 4 is 13.7 Å². The number of likely N-dealkylation sites (N-methyl/N-ethyl adjacent to an activating group) is 1. The number of hydrogen-bond acceptors (Lipinski definition) is 5. The Balaban J connectivity index is 4.02. The molecule has 0 bridgehead atoms. The molecule has 0 saturated carbocycles. The van der Waals surface area contributed by atoms with Crippen molar-refractivity contribution in [2.75, 3.05) is 40.9 Å². The highest BCUT2D eigenvalue weighted by Gasteiger charge is 2.28. The molecule has 3 unspecified atom stereocenters. The van der Waals surface area contributed by atoms with Gasteiger partial charge in [0.05, 0.1) is 39.9 Å². The smallest absolute Gasteiger partial charge is 0.391 e. The number of unbranched alkanes of at least 4 members (excludes halogenated alkanes) is 40. The lowest BCUT2D eigenvalue weighted by atomic mass is 10.0. The molecule has 0 spiro atoms. The van der Waals surface area contributed by atoms with E-state index in [0.717, 1.165) is 64.2 Å². The van der Waals surface area contributed by atoms with Crippen LogP contribution in [0.25, 0.3) is 0 Å². The Kier molecular flexibility index (Phi) is 52.1. The highest BCUT2D eigenvalue weighted by molar-refractivity contribution is 7.47. The molecule has 9 heteroatoms. The molecule has 0 fully saturated rings. The van der Waals surface area contributed by atoms with Crippen molar-refractivity contribution in [1.29, 1.82) is 0 Å². The fourth-order valence-corrected chi connectivity index (χ4v) is 10.1. The third-order valence-electron chi connectivity index (χ3n) is 14.2. The van der Waals surface area contributed by atoms with Crippen molar-refractivity contribution in [1.82, 2.24) is 5.32 Å². The molecule has 0 aliphatic carbocycles. The molecule has 0 saturated heterocycles. The number of nitrogens with zero attached hydrogens (tertiary/aromatic N) is 1. The van der Waals surface area contributed by atoms with E-state index in [1.54, 1.807) is 0 Å². The Labute approximate surface area is 436 Å². The number of amides is 1. The van der Waals surface area contributed by atoms with Crippen LogP contribution in [0.15, 0.2) is 24.3 Å². The fraction of sp³-hybridized carbons (Fsp3) is 0.918. The molecule has 0 aliphatic rings. The average molecular weight is 1010 g/mol. The van der Waals surface area contributed by atoms with E-state index in [9.17, 15) is 19.4 Å². The number of rotatable bonds is 57. The second kappa shape index (κ2) is 52.8. The maximum Gasteiger partial charge on any atom is 0.472 e. The molecule has 0 heterocycles. The molecule has 70 heavy (non-hydrogen) atoms. The van der Waals surface area contributed by atoms with Crippen LogP contribution in [0.5, 0.6) is 0 Å². The number of phosphoric acid groups is 1. The Morgan fingerprint density at radius 2 is 0.814 bits per heavy atom. The number of phosphoric ester groups is 1. The van der Waals surface area contributed by atoms with E-state index in [1.807, 2.05) is 21.1 Å². The molecule has 1 amide bonds. The number of quaternary nitrogens is 1. The number of aliphatic hydroxyl groups excluding tert-OH is 1. The lowest BCUT2D eigenvalue weighted by Crippen LogP contribution is -2.46. The van der Waals surface area contributed by atoms with Crippen LogP contribution in [0, 0.1) is 0 Å². The maximum atomic E-state index is 13.0. The number of carbonyl (C=O) groups excluding carboxylic acids is 1. The van der Waals surface area contributed by atoms with Crippen LogP contribution in [0.2, 0.25) is 0 Å². The van der Waals surface area contributed by atoms with E-state index in [1.165, 1.54) is 218 Å². The Morgan fingerprint density at radius 3 is 1.19 bits per heavy atom. The first-order valence-corrected chi connectivity index (χ1v) is 32.2. The van der Waals surface area contributed by atoms with Gasteiger partial charge in [0.1, 0.15) is 13.2 Å². The van der Waals surface area contributed by atoms with Crippen molar-refractivity contribution < 1.29 is 32.9 Å². The summed E-state index contributed by atoms with van der Waals surface area (Å²) in [5.41, 5.74) is 0. The first-order valence-electron chi connectivity index (χ1n) is 30.7. The van der Waals surface area contributed by atoms with Crippen LogP contribution in [0.3, 0.4) is 0 Å². The predicted molar refractivity (Wildman–Crippen MR) is 305 cm³/mol. The molecule has 3 atom stereocenters. The van der Waals surface area contributed by atoms with E-state index in [4.69, 9.17) is 9.05 Å². The predicted octanol–water partition coefficient (Wildman–Crippen LogP) is 18.8. The standard InChI is InChI=1S/C61H121N2O6P/c1-6-8-10-12-14-16-18-20-22-24-25-26-27-28-29-30-31-32-33-34-35-36-37-38-39-40-42-44-46-48-50-52-54-60(64)59(58-69-70(66,67)68-57-56-63(3,4)5)62-61(65)55-53-51-49-47-45-43-41-23-21-19-17-15-13-11-9-7-2/h17,19,23,41,59-60,64H,6-16,18,20-22,24-40,42-58H2,1-5H3,(H-,62,65,66,67)/p+1/b19-17-,41-23-. The number of aliphatic hydroxyl groups is 1. The van der Waals surface area contributed by atoms with E-state index in [0.29, 0.717) is 23.9 Å². The average Bonchev–Trinajstić information content (AvgIpc) is 3.32. The topological polar surface area (TPSA) is 105 Å². The Bertz CT molecular complexity index is 1190. The van der Waals surface area contributed by atoms with Gasteiger partial charge in [-0.25, -0.2) is 4.57 Å². The maximum absolute atomic E-state index is 13.0. The zero-order valence-electron chi connectivity index (χ0n) is 47.5. The minimum atomic E-state index is -4.33. The molecule has 0 aromatic rings. The van der Waals surface area contributed by atoms with E-state index in [-0.39, 0.29) is 19.1 Å². The van der Waals surface area contributed by atoms with Gasteiger partial charge in [0.15, 0.2) is 0 Å². The van der Waals surface area contributed by atoms with Crippen LogP contribution in [-0.4, -0.2) is 73.4 Å². The van der Waals surface area contributed by atoms with Gasteiger partial charge in [0, 0.05) is 6.42 Å². The van der Waals surface area contributed by atoms with Crippen LogP contribution in [0.4, 0.5) is 0 Å². The summed E-state index contributed by atoms with van der Waals surface area (Å²) in [6.45, 7) is 4.90. The van der Waals surface area contributed by atoms with Crippen molar-refractivity contribution in [3.63, 3.8) is 0 Å². The molecular weight excluding hydrogens is 888 g/mol. The quantitative estimate of drug-likeness (QED) is 0.0243. The second-order valence-electron chi connectivity index (χ2n) is 22.4. The van der Waals surface area contributed by atoms with Crippen molar-refractivity contribution in [3.8, 4) is 0 Å². The zero-order chi connectivity index (χ0) is 51.3. The third kappa shape index (κ3) is 54.7. The second-order valence-corrected chi connectivity index (χ2v) is 23.9. The van der Waals surface area contributed by atoms with Gasteiger partial charge < -0.3 is 19.8 Å². The summed E-state index contributed by atoms with van der Waals surface area (Å²) >= 11 is 0. The molecule has 0 aliphatic heterocycles. The first-order chi connectivity index (χ1) is 34.0. The summed E-state index contributed by atoms with van der Waals surface area (Å²) < 4.78 is 23.8. The number of nitrogens with one attached hydrogen (secondary N) is 1. The SMILES string of the molecule is CCCCCC/C=C\C/C=C\CCCCCCCC(=O)NC(COP(=O)(O)OCC[N+](C)(C)C)C(O)CCCCCCCCCCCCCCCCCCCCCCCCCCCCCCCCCC. The van der Waals surface area contributed by atoms with Crippen molar-refractivity contribution in [3.05, 3.63) is 24.3 Å². The Hall–Kier alpha value is -1.02. The lowest BCUT2D eigenvalue weighted by Gasteiger charge is -2.26. The van der Waals surface area contributed by atoms with Gasteiger partial charge >= 0.3 is 7.82 Å². The molecule has 0 rings (SSSR count). The van der Waals surface area contributed by atoms with E-state index < -0.39 is 20.0 Å². The molecule has 8 nitrogen and oxygen atoms in total. The largest absolute Gasteiger partial charge is 0.472 e. The fourth-order valence-electron chi connectivity index (χ4n) is 9.37. The first kappa shape index (κ1) is 69.0. The van der Waals surface area contributed by atoms with Crippen molar-refractivity contribution in [2.45, 2.75) is 321 Å².